The van der Waals surface area contributed by atoms with Gasteiger partial charge in [0.15, 0.2) is 0 Å². The van der Waals surface area contributed by atoms with Crippen LogP contribution in [0.15, 0.2) is 6.33 Å². The van der Waals surface area contributed by atoms with Crippen LogP contribution in [0.5, 0.6) is 5.88 Å². The lowest BCUT2D eigenvalue weighted by molar-refractivity contribution is -0.387. The number of rotatable bonds is 5. The first-order valence-electron chi connectivity index (χ1n) is 5.08. The lowest BCUT2D eigenvalue weighted by atomic mass is 9.99. The predicted octanol–water partition coefficient (Wildman–Crippen LogP) is 1.48. The molecule has 0 aliphatic rings. The van der Waals surface area contributed by atoms with Crippen molar-refractivity contribution in [3.8, 4) is 5.88 Å². The highest BCUT2D eigenvalue weighted by Gasteiger charge is 2.29. The fourth-order valence-electron chi connectivity index (χ4n) is 1.47. The zero-order valence-corrected chi connectivity index (χ0v) is 9.84. The van der Waals surface area contributed by atoms with Gasteiger partial charge in [0.25, 0.3) is 5.88 Å². The first kappa shape index (κ1) is 13.0. The van der Waals surface area contributed by atoms with Gasteiger partial charge in [-0.05, 0) is 6.92 Å². The second-order valence-electron chi connectivity index (χ2n) is 3.42. The normalized spacial score (nSPS) is 11.9. The van der Waals surface area contributed by atoms with Crippen molar-refractivity contribution in [1.82, 2.24) is 9.97 Å². The summed E-state index contributed by atoms with van der Waals surface area (Å²) in [6, 6.07) is 0. The van der Waals surface area contributed by atoms with Crippen molar-refractivity contribution in [3.63, 3.8) is 0 Å². The topological polar surface area (TPSA) is 95.2 Å². The molecule has 1 aromatic heterocycles. The van der Waals surface area contributed by atoms with Crippen LogP contribution in [0.1, 0.15) is 31.9 Å². The van der Waals surface area contributed by atoms with Gasteiger partial charge >= 0.3 is 5.69 Å². The van der Waals surface area contributed by atoms with Gasteiger partial charge in [-0.3, -0.25) is 14.9 Å². The third-order valence-corrected chi connectivity index (χ3v) is 2.43. The molecule has 17 heavy (non-hydrogen) atoms. The molecule has 1 unspecified atom stereocenters. The minimum absolute atomic E-state index is 0.0914. The molecule has 0 radical (unpaired) electrons. The highest BCUT2D eigenvalue weighted by Crippen LogP contribution is 2.32. The van der Waals surface area contributed by atoms with E-state index in [1.165, 1.54) is 7.11 Å². The smallest absolute Gasteiger partial charge is 0.352 e. The number of aromatic nitrogens is 2. The average Bonchev–Trinajstić information content (AvgIpc) is 2.35. The summed E-state index contributed by atoms with van der Waals surface area (Å²) in [5.41, 5.74) is -0.252. The Balaban J connectivity index is 3.32. The molecule has 1 rings (SSSR count). The zero-order valence-electron chi connectivity index (χ0n) is 9.84. The minimum Gasteiger partial charge on any atom is -0.476 e. The van der Waals surface area contributed by atoms with E-state index in [0.717, 1.165) is 6.33 Å². The predicted molar refractivity (Wildman–Crippen MR) is 59.0 cm³/mol. The number of nitro groups is 1. The molecule has 7 heteroatoms. The van der Waals surface area contributed by atoms with Crippen LogP contribution in [0.2, 0.25) is 0 Å². The highest BCUT2D eigenvalue weighted by molar-refractivity contribution is 5.85. The van der Waals surface area contributed by atoms with E-state index in [2.05, 4.69) is 9.97 Å². The monoisotopic (exact) mass is 239 g/mol. The Morgan fingerprint density at radius 3 is 2.71 bits per heavy atom. The Bertz CT molecular complexity index is 447. The van der Waals surface area contributed by atoms with E-state index >= 15 is 0 Å². The van der Waals surface area contributed by atoms with Crippen molar-refractivity contribution in [3.05, 3.63) is 22.1 Å². The maximum Gasteiger partial charge on any atom is 0.352 e. The van der Waals surface area contributed by atoms with E-state index in [-0.39, 0.29) is 23.0 Å². The molecule has 0 spiro atoms. The fourth-order valence-corrected chi connectivity index (χ4v) is 1.47. The number of carbonyl (C=O) groups excluding carboxylic acids is 1. The van der Waals surface area contributed by atoms with Crippen molar-refractivity contribution < 1.29 is 14.5 Å². The largest absolute Gasteiger partial charge is 0.476 e. The Labute approximate surface area is 98.0 Å². The molecule has 0 aliphatic carbocycles. The fraction of sp³-hybridized carbons (Fsp3) is 0.500. The Hall–Kier alpha value is -2.05. The first-order chi connectivity index (χ1) is 8.02. The molecule has 92 valence electrons. The molecule has 0 saturated carbocycles. The Morgan fingerprint density at radius 1 is 1.59 bits per heavy atom. The molecule has 1 atom stereocenters. The number of hydrogen-bond donors (Lipinski definition) is 0. The second kappa shape index (κ2) is 5.33. The summed E-state index contributed by atoms with van der Waals surface area (Å²) in [6.07, 6.45) is 1.45. The van der Waals surface area contributed by atoms with Crippen LogP contribution < -0.4 is 4.74 Å². The summed E-state index contributed by atoms with van der Waals surface area (Å²) >= 11 is 0. The van der Waals surface area contributed by atoms with Gasteiger partial charge in [-0.2, -0.15) is 4.98 Å². The molecule has 0 N–H and O–H groups in total. The molecule has 0 aliphatic heterocycles. The number of methoxy groups -OCH3 is 1. The zero-order chi connectivity index (χ0) is 13.0. The Morgan fingerprint density at radius 2 is 2.24 bits per heavy atom. The quantitative estimate of drug-likeness (QED) is 0.570. The van der Waals surface area contributed by atoms with E-state index in [1.54, 1.807) is 13.8 Å². The summed E-state index contributed by atoms with van der Waals surface area (Å²) in [7, 11) is 1.28. The Kier molecular flexibility index (Phi) is 4.08. The van der Waals surface area contributed by atoms with E-state index < -0.39 is 10.8 Å². The lowest BCUT2D eigenvalue weighted by Gasteiger charge is -2.09. The number of carbonyl (C=O) groups is 1. The van der Waals surface area contributed by atoms with Gasteiger partial charge in [-0.25, -0.2) is 4.98 Å². The number of Topliss-reactive ketones (excluding diaryl/α,β-unsaturated/α-hetero) is 1. The third kappa shape index (κ3) is 2.55. The highest BCUT2D eigenvalue weighted by atomic mass is 16.6. The molecule has 0 amide bonds. The maximum absolute atomic E-state index is 11.6. The van der Waals surface area contributed by atoms with Crippen molar-refractivity contribution in [2.24, 2.45) is 0 Å². The molecule has 1 aromatic rings. The van der Waals surface area contributed by atoms with E-state index in [1.807, 2.05) is 0 Å². The van der Waals surface area contributed by atoms with Gasteiger partial charge in [-0.15, -0.1) is 0 Å². The van der Waals surface area contributed by atoms with E-state index in [4.69, 9.17) is 4.74 Å². The molecule has 0 aromatic carbocycles. The van der Waals surface area contributed by atoms with Crippen molar-refractivity contribution >= 4 is 11.5 Å². The van der Waals surface area contributed by atoms with E-state index in [9.17, 15) is 14.9 Å². The maximum atomic E-state index is 11.6. The van der Waals surface area contributed by atoms with Crippen LogP contribution in [0, 0.1) is 10.1 Å². The van der Waals surface area contributed by atoms with Gasteiger partial charge < -0.3 is 4.74 Å². The van der Waals surface area contributed by atoms with Crippen LogP contribution in [-0.4, -0.2) is 27.8 Å². The second-order valence-corrected chi connectivity index (χ2v) is 3.42. The molecular weight excluding hydrogens is 226 g/mol. The minimum atomic E-state index is -0.641. The number of ether oxygens (including phenoxy) is 1. The summed E-state index contributed by atoms with van der Waals surface area (Å²) in [4.78, 5) is 29.4. The SMILES string of the molecule is CCC(=O)C(C)c1ncnc(OC)c1[N+](=O)[O-]. The summed E-state index contributed by atoms with van der Waals surface area (Å²) in [5.74, 6) is -0.887. The van der Waals surface area contributed by atoms with Crippen LogP contribution in [0.4, 0.5) is 5.69 Å². The van der Waals surface area contributed by atoms with Crippen molar-refractivity contribution in [1.29, 1.82) is 0 Å². The van der Waals surface area contributed by atoms with Gasteiger partial charge in [0.05, 0.1) is 18.0 Å². The number of hydrogen-bond acceptors (Lipinski definition) is 6. The average molecular weight is 239 g/mol. The molecule has 0 bridgehead atoms. The molecule has 0 fully saturated rings. The van der Waals surface area contributed by atoms with Crippen LogP contribution in [0.25, 0.3) is 0 Å². The summed E-state index contributed by atoms with van der Waals surface area (Å²) in [6.45, 7) is 3.28. The molecule has 7 nitrogen and oxygen atoms in total. The standard InChI is InChI=1S/C10H13N3O4/c1-4-7(14)6(2)8-9(13(15)16)10(17-3)12-5-11-8/h5-6H,4H2,1-3H3. The molecule has 1 heterocycles. The third-order valence-electron chi connectivity index (χ3n) is 2.43. The summed E-state index contributed by atoms with van der Waals surface area (Å²) < 4.78 is 4.81. The van der Waals surface area contributed by atoms with Gasteiger partial charge in [0, 0.05) is 6.42 Å². The summed E-state index contributed by atoms with van der Waals surface area (Å²) in [5, 5.41) is 11.0. The van der Waals surface area contributed by atoms with E-state index in [0.29, 0.717) is 6.42 Å². The molecule has 0 saturated heterocycles. The van der Waals surface area contributed by atoms with Crippen molar-refractivity contribution in [2.45, 2.75) is 26.2 Å². The molecular formula is C10H13N3O4. The van der Waals surface area contributed by atoms with Crippen LogP contribution in [0.3, 0.4) is 0 Å². The number of nitrogens with zero attached hydrogens (tertiary/aromatic N) is 3. The van der Waals surface area contributed by atoms with Crippen molar-refractivity contribution in [2.75, 3.05) is 7.11 Å². The van der Waals surface area contributed by atoms with Crippen LogP contribution >= 0.6 is 0 Å². The first-order valence-corrected chi connectivity index (χ1v) is 5.08. The van der Waals surface area contributed by atoms with Gasteiger partial charge in [-0.1, -0.05) is 6.92 Å². The lowest BCUT2D eigenvalue weighted by Crippen LogP contribution is -2.13. The van der Waals surface area contributed by atoms with Gasteiger partial charge in [0.2, 0.25) is 0 Å². The van der Waals surface area contributed by atoms with Crippen LogP contribution in [-0.2, 0) is 4.79 Å². The number of ketones is 1. The van der Waals surface area contributed by atoms with Gasteiger partial charge in [0.1, 0.15) is 17.8 Å².